The number of nitrogens with one attached hydrogen (secondary N) is 2. The second-order valence-electron chi connectivity index (χ2n) is 4.36. The molecule has 0 bridgehead atoms. The molecular weight excluding hydrogens is 256 g/mol. The van der Waals surface area contributed by atoms with Crippen LogP contribution in [0.5, 0.6) is 0 Å². The number of methoxy groups -OCH3 is 1. The second kappa shape index (κ2) is 5.35. The van der Waals surface area contributed by atoms with Gasteiger partial charge >= 0.3 is 0 Å². The molecule has 1 aromatic rings. The third-order valence-electron chi connectivity index (χ3n) is 3.23. The molecule has 2 rings (SSSR count). The van der Waals surface area contributed by atoms with Crippen molar-refractivity contribution in [2.75, 3.05) is 7.11 Å². The molecule has 1 aromatic heterocycles. The van der Waals surface area contributed by atoms with Crippen molar-refractivity contribution in [2.24, 2.45) is 5.73 Å². The lowest BCUT2D eigenvalue weighted by molar-refractivity contribution is 0.0916. The topological polar surface area (TPSA) is 110 Å². The zero-order valence-corrected chi connectivity index (χ0v) is 11.0. The summed E-state index contributed by atoms with van der Waals surface area (Å²) in [6.07, 6.45) is 3.97. The fourth-order valence-electron chi connectivity index (χ4n) is 2.28. The lowest BCUT2D eigenvalue weighted by Gasteiger charge is -2.19. The van der Waals surface area contributed by atoms with Gasteiger partial charge in [-0.05, 0) is 19.3 Å². The predicted molar refractivity (Wildman–Crippen MR) is 65.2 cm³/mol. The predicted octanol–water partition coefficient (Wildman–Crippen LogP) is -0.286. The molecule has 1 aliphatic rings. The Morgan fingerprint density at radius 3 is 3.06 bits per heavy atom. The Morgan fingerprint density at radius 1 is 1.61 bits per heavy atom. The molecule has 1 aliphatic carbocycles. The Balaban J connectivity index is 2.17. The van der Waals surface area contributed by atoms with Crippen LogP contribution in [0.15, 0.2) is 11.2 Å². The minimum atomic E-state index is -3.61. The number of hydrogen-bond donors (Lipinski definition) is 3. The summed E-state index contributed by atoms with van der Waals surface area (Å²) < 4.78 is 32.3. The van der Waals surface area contributed by atoms with Gasteiger partial charge in [0.1, 0.15) is 0 Å². The highest BCUT2D eigenvalue weighted by Crippen LogP contribution is 2.23. The number of aromatic amines is 1. The highest BCUT2D eigenvalue weighted by Gasteiger charge is 2.32. The molecule has 2 atom stereocenters. The average molecular weight is 274 g/mol. The van der Waals surface area contributed by atoms with E-state index >= 15 is 0 Å². The monoisotopic (exact) mass is 274 g/mol. The summed E-state index contributed by atoms with van der Waals surface area (Å²) in [5.74, 6) is 0. The van der Waals surface area contributed by atoms with E-state index < -0.39 is 10.0 Å². The van der Waals surface area contributed by atoms with Crippen LogP contribution in [0.1, 0.15) is 24.8 Å². The van der Waals surface area contributed by atoms with Crippen molar-refractivity contribution in [2.45, 2.75) is 43.0 Å². The number of nitrogens with zero attached hydrogens (tertiary/aromatic N) is 1. The van der Waals surface area contributed by atoms with Crippen LogP contribution in [0.25, 0.3) is 0 Å². The van der Waals surface area contributed by atoms with Crippen molar-refractivity contribution in [3.8, 4) is 0 Å². The lowest BCUT2D eigenvalue weighted by atomic mass is 10.2. The zero-order chi connectivity index (χ0) is 13.2. The number of rotatable bonds is 5. The molecule has 7 nitrogen and oxygen atoms in total. The van der Waals surface area contributed by atoms with Crippen molar-refractivity contribution >= 4 is 10.0 Å². The molecular formula is C10H18N4O3S. The molecule has 4 N–H and O–H groups in total. The summed E-state index contributed by atoms with van der Waals surface area (Å²) >= 11 is 0. The van der Waals surface area contributed by atoms with Crippen molar-refractivity contribution in [1.29, 1.82) is 0 Å². The minimum absolute atomic E-state index is 0.0479. The van der Waals surface area contributed by atoms with Crippen LogP contribution in [0.2, 0.25) is 0 Å². The van der Waals surface area contributed by atoms with Crippen molar-refractivity contribution in [3.05, 3.63) is 11.8 Å². The van der Waals surface area contributed by atoms with Gasteiger partial charge in [-0.2, -0.15) is 5.10 Å². The highest BCUT2D eigenvalue weighted by atomic mass is 32.2. The van der Waals surface area contributed by atoms with E-state index in [-0.39, 0.29) is 23.7 Å². The van der Waals surface area contributed by atoms with E-state index in [1.807, 2.05) is 0 Å². The molecule has 2 unspecified atom stereocenters. The van der Waals surface area contributed by atoms with Gasteiger partial charge in [0.05, 0.1) is 12.3 Å². The van der Waals surface area contributed by atoms with Gasteiger partial charge in [0, 0.05) is 25.3 Å². The van der Waals surface area contributed by atoms with Gasteiger partial charge in [-0.15, -0.1) is 0 Å². The molecule has 1 fully saturated rings. The van der Waals surface area contributed by atoms with Gasteiger partial charge < -0.3 is 10.5 Å². The quantitative estimate of drug-likeness (QED) is 0.683. The molecule has 102 valence electrons. The largest absolute Gasteiger partial charge is 0.380 e. The highest BCUT2D eigenvalue weighted by molar-refractivity contribution is 7.89. The Bertz CT molecular complexity index is 499. The Labute approximate surface area is 106 Å². The van der Waals surface area contributed by atoms with Gasteiger partial charge in [0.2, 0.25) is 0 Å². The van der Waals surface area contributed by atoms with Gasteiger partial charge in [0.15, 0.2) is 5.03 Å². The van der Waals surface area contributed by atoms with Gasteiger partial charge in [-0.25, -0.2) is 13.1 Å². The van der Waals surface area contributed by atoms with E-state index in [1.165, 1.54) is 6.20 Å². The summed E-state index contributed by atoms with van der Waals surface area (Å²) in [5.41, 5.74) is 5.96. The summed E-state index contributed by atoms with van der Waals surface area (Å²) in [4.78, 5) is 0. The van der Waals surface area contributed by atoms with E-state index in [4.69, 9.17) is 10.5 Å². The van der Waals surface area contributed by atoms with Crippen molar-refractivity contribution in [1.82, 2.24) is 14.9 Å². The average Bonchev–Trinajstić information content (AvgIpc) is 2.95. The molecule has 0 spiro atoms. The van der Waals surface area contributed by atoms with E-state index in [0.717, 1.165) is 19.3 Å². The normalized spacial score (nSPS) is 24.6. The summed E-state index contributed by atoms with van der Waals surface area (Å²) in [6.45, 7) is 0.130. The number of sulfonamides is 1. The van der Waals surface area contributed by atoms with E-state index in [2.05, 4.69) is 14.9 Å². The maximum Gasteiger partial charge on any atom is 0.258 e. The number of aromatic nitrogens is 2. The molecule has 8 heteroatoms. The van der Waals surface area contributed by atoms with E-state index in [1.54, 1.807) is 7.11 Å². The van der Waals surface area contributed by atoms with Crippen LogP contribution in [0.3, 0.4) is 0 Å². The Kier molecular flexibility index (Phi) is 4.00. The summed E-state index contributed by atoms with van der Waals surface area (Å²) in [5, 5.41) is 6.25. The first-order valence-electron chi connectivity index (χ1n) is 5.86. The minimum Gasteiger partial charge on any atom is -0.380 e. The standard InChI is InChI=1S/C10H18N4O3S/c1-17-9-4-2-3-8(9)14-18(15,16)10-7(5-11)6-12-13-10/h6,8-9,14H,2-5,11H2,1H3,(H,12,13). The van der Waals surface area contributed by atoms with Crippen LogP contribution in [0.4, 0.5) is 0 Å². The maximum absolute atomic E-state index is 12.2. The van der Waals surface area contributed by atoms with Gasteiger partial charge in [-0.1, -0.05) is 0 Å². The maximum atomic E-state index is 12.2. The zero-order valence-electron chi connectivity index (χ0n) is 10.2. The van der Waals surface area contributed by atoms with Crippen LogP contribution in [-0.4, -0.2) is 37.9 Å². The number of ether oxygens (including phenoxy) is 1. The van der Waals surface area contributed by atoms with E-state index in [0.29, 0.717) is 5.56 Å². The summed E-state index contributed by atoms with van der Waals surface area (Å²) in [7, 11) is -2.02. The van der Waals surface area contributed by atoms with Crippen LogP contribution in [-0.2, 0) is 21.3 Å². The fraction of sp³-hybridized carbons (Fsp3) is 0.700. The molecule has 0 aromatic carbocycles. The van der Waals surface area contributed by atoms with Gasteiger partial charge in [-0.3, -0.25) is 5.10 Å². The molecule has 18 heavy (non-hydrogen) atoms. The van der Waals surface area contributed by atoms with Crippen molar-refractivity contribution < 1.29 is 13.2 Å². The Morgan fingerprint density at radius 2 is 2.39 bits per heavy atom. The smallest absolute Gasteiger partial charge is 0.258 e. The first kappa shape index (κ1) is 13.5. The number of H-pyrrole nitrogens is 1. The fourth-order valence-corrected chi connectivity index (χ4v) is 3.72. The SMILES string of the molecule is COC1CCCC1NS(=O)(=O)c1[nH]ncc1CN. The first-order chi connectivity index (χ1) is 8.58. The molecule has 1 saturated carbocycles. The molecule has 1 heterocycles. The summed E-state index contributed by atoms with van der Waals surface area (Å²) in [6, 6.07) is -0.186. The van der Waals surface area contributed by atoms with Crippen molar-refractivity contribution in [3.63, 3.8) is 0 Å². The van der Waals surface area contributed by atoms with Gasteiger partial charge in [0.25, 0.3) is 10.0 Å². The number of nitrogens with two attached hydrogens (primary N) is 1. The Hall–Kier alpha value is -0.960. The van der Waals surface area contributed by atoms with Crippen LogP contribution < -0.4 is 10.5 Å². The first-order valence-corrected chi connectivity index (χ1v) is 7.34. The molecule has 0 aliphatic heterocycles. The number of hydrogen-bond acceptors (Lipinski definition) is 5. The van der Waals surface area contributed by atoms with E-state index in [9.17, 15) is 8.42 Å². The second-order valence-corrected chi connectivity index (χ2v) is 6.01. The molecule has 0 saturated heterocycles. The van der Waals surface area contributed by atoms with Crippen LogP contribution in [0, 0.1) is 0 Å². The third-order valence-corrected chi connectivity index (χ3v) is 4.73. The molecule has 0 amide bonds. The van der Waals surface area contributed by atoms with Crippen LogP contribution >= 0.6 is 0 Å². The third kappa shape index (κ3) is 2.56. The lowest BCUT2D eigenvalue weighted by Crippen LogP contribution is -2.41. The molecule has 0 radical (unpaired) electrons.